The molecule has 1 N–H and O–H groups in total. The van der Waals surface area contributed by atoms with E-state index in [1.807, 2.05) is 23.6 Å². The third-order valence-corrected chi connectivity index (χ3v) is 5.98. The summed E-state index contributed by atoms with van der Waals surface area (Å²) in [7, 11) is 0. The van der Waals surface area contributed by atoms with Crippen LogP contribution in [0.2, 0.25) is 0 Å². The third kappa shape index (κ3) is 5.38. The highest BCUT2D eigenvalue weighted by atomic mass is 32.1. The van der Waals surface area contributed by atoms with E-state index in [1.54, 1.807) is 17.4 Å². The van der Waals surface area contributed by atoms with Crippen LogP contribution in [0.4, 0.5) is 5.00 Å². The van der Waals surface area contributed by atoms with Crippen LogP contribution in [0, 0.1) is 6.92 Å². The minimum atomic E-state index is 0.0838. The number of guanidine groups is 1. The quantitative estimate of drug-likeness (QED) is 0.440. The van der Waals surface area contributed by atoms with Crippen LogP contribution in [0.15, 0.2) is 45.5 Å². The molecule has 152 valence electrons. The van der Waals surface area contributed by atoms with Crippen molar-refractivity contribution in [1.82, 2.24) is 14.8 Å². The summed E-state index contributed by atoms with van der Waals surface area (Å²) in [6.45, 7) is 10.6. The van der Waals surface area contributed by atoms with Crippen LogP contribution in [0.5, 0.6) is 0 Å². The maximum atomic E-state index is 11.9. The lowest BCUT2D eigenvalue weighted by Gasteiger charge is -2.37. The minimum Gasteiger partial charge on any atom is -0.360 e. The molecule has 0 amide bonds. The Morgan fingerprint density at radius 2 is 1.96 bits per heavy atom. The predicted molar refractivity (Wildman–Crippen MR) is 119 cm³/mol. The third-order valence-electron chi connectivity index (χ3n) is 5.05. The molecule has 0 aromatic carbocycles. The minimum absolute atomic E-state index is 0.0838. The van der Waals surface area contributed by atoms with Gasteiger partial charge < -0.3 is 19.7 Å². The molecule has 0 spiro atoms. The van der Waals surface area contributed by atoms with Gasteiger partial charge in [-0.2, -0.15) is 0 Å². The van der Waals surface area contributed by atoms with Gasteiger partial charge in [0, 0.05) is 57.6 Å². The number of thiophene rings is 1. The van der Waals surface area contributed by atoms with Gasteiger partial charge in [-0.3, -0.25) is 9.79 Å². The Hall–Kier alpha value is -2.28. The zero-order valence-electron chi connectivity index (χ0n) is 16.9. The molecule has 3 heterocycles. The number of nitrogens with one attached hydrogen (secondary N) is 1. The van der Waals surface area contributed by atoms with Crippen LogP contribution in [-0.2, 0) is 6.54 Å². The Balaban J connectivity index is 1.47. The summed E-state index contributed by atoms with van der Waals surface area (Å²) in [4.78, 5) is 21.6. The van der Waals surface area contributed by atoms with Gasteiger partial charge in [-0.25, -0.2) is 0 Å². The average Bonchev–Trinajstić information content (AvgIpc) is 3.24. The Morgan fingerprint density at radius 3 is 2.64 bits per heavy atom. The van der Waals surface area contributed by atoms with Gasteiger partial charge in [-0.15, -0.1) is 11.3 Å². The molecule has 1 fully saturated rings. The number of nitrogens with zero attached hydrogens (tertiary/aromatic N) is 4. The highest BCUT2D eigenvalue weighted by Crippen LogP contribution is 2.22. The molecule has 0 bridgehead atoms. The van der Waals surface area contributed by atoms with Gasteiger partial charge >= 0.3 is 0 Å². The zero-order valence-corrected chi connectivity index (χ0v) is 17.7. The Bertz CT molecular complexity index is 806. The van der Waals surface area contributed by atoms with Crippen LogP contribution in [-0.4, -0.2) is 54.7 Å². The van der Waals surface area contributed by atoms with Crippen molar-refractivity contribution >= 4 is 22.3 Å². The van der Waals surface area contributed by atoms with Gasteiger partial charge in [0.1, 0.15) is 0 Å². The first-order valence-corrected chi connectivity index (χ1v) is 11.0. The fraction of sp³-hybridized carbons (Fsp3) is 0.524. The number of hydrogen-bond donors (Lipinski definition) is 1. The molecule has 7 heteroatoms. The van der Waals surface area contributed by atoms with E-state index in [-0.39, 0.29) is 5.56 Å². The highest BCUT2D eigenvalue weighted by molar-refractivity contribution is 7.14. The van der Waals surface area contributed by atoms with Gasteiger partial charge in [-0.1, -0.05) is 6.07 Å². The molecule has 2 aromatic heterocycles. The number of piperazine rings is 1. The van der Waals surface area contributed by atoms with Crippen LogP contribution in [0.25, 0.3) is 0 Å². The molecule has 28 heavy (non-hydrogen) atoms. The Kier molecular flexibility index (Phi) is 7.54. The first-order valence-electron chi connectivity index (χ1n) is 10.2. The van der Waals surface area contributed by atoms with Crippen molar-refractivity contribution in [2.45, 2.75) is 33.2 Å². The summed E-state index contributed by atoms with van der Waals surface area (Å²) in [5.41, 5.74) is 1.11. The number of anilines is 1. The van der Waals surface area contributed by atoms with Crippen LogP contribution in [0.1, 0.15) is 25.5 Å². The molecule has 0 aliphatic carbocycles. The summed E-state index contributed by atoms with van der Waals surface area (Å²) < 4.78 is 1.85. The predicted octanol–water partition coefficient (Wildman–Crippen LogP) is 2.79. The second-order valence-corrected chi connectivity index (χ2v) is 7.95. The SMILES string of the molecule is CCNC(=NCCCCn1c(C)cccc1=O)N1CCN(c2cccs2)CC1. The number of aliphatic imine (C=N–C) groups is 1. The van der Waals surface area contributed by atoms with E-state index in [1.165, 1.54) is 5.00 Å². The largest absolute Gasteiger partial charge is 0.360 e. The van der Waals surface area contributed by atoms with Gasteiger partial charge in [0.25, 0.3) is 5.56 Å². The molecule has 2 aromatic rings. The van der Waals surface area contributed by atoms with Crippen LogP contribution >= 0.6 is 11.3 Å². The number of pyridine rings is 1. The lowest BCUT2D eigenvalue weighted by atomic mass is 10.3. The van der Waals surface area contributed by atoms with Gasteiger partial charge in [0.05, 0.1) is 5.00 Å². The summed E-state index contributed by atoms with van der Waals surface area (Å²) in [6.07, 6.45) is 1.94. The first-order chi connectivity index (χ1) is 13.7. The number of unbranched alkanes of at least 4 members (excludes halogenated alkanes) is 1. The normalized spacial score (nSPS) is 15.1. The van der Waals surface area contributed by atoms with Crippen LogP contribution in [0.3, 0.4) is 0 Å². The van der Waals surface area contributed by atoms with Crippen molar-refractivity contribution < 1.29 is 0 Å². The topological polar surface area (TPSA) is 52.9 Å². The second-order valence-electron chi connectivity index (χ2n) is 7.03. The van der Waals surface area contributed by atoms with E-state index in [0.717, 1.165) is 70.3 Å². The van der Waals surface area contributed by atoms with Crippen molar-refractivity contribution in [2.24, 2.45) is 4.99 Å². The number of hydrogen-bond acceptors (Lipinski definition) is 4. The average molecular weight is 402 g/mol. The zero-order chi connectivity index (χ0) is 19.8. The molecule has 0 saturated carbocycles. The van der Waals surface area contributed by atoms with Crippen molar-refractivity contribution in [2.75, 3.05) is 44.2 Å². The van der Waals surface area contributed by atoms with Gasteiger partial charge in [0.2, 0.25) is 0 Å². The highest BCUT2D eigenvalue weighted by Gasteiger charge is 2.20. The van der Waals surface area contributed by atoms with Gasteiger partial charge in [0.15, 0.2) is 5.96 Å². The molecular formula is C21H31N5OS. The van der Waals surface area contributed by atoms with Gasteiger partial charge in [-0.05, 0) is 50.3 Å². The lowest BCUT2D eigenvalue weighted by Crippen LogP contribution is -2.52. The molecule has 0 atom stereocenters. The maximum Gasteiger partial charge on any atom is 0.250 e. The molecule has 0 radical (unpaired) electrons. The molecule has 3 rings (SSSR count). The molecule has 6 nitrogen and oxygen atoms in total. The van der Waals surface area contributed by atoms with E-state index >= 15 is 0 Å². The summed E-state index contributed by atoms with van der Waals surface area (Å²) >= 11 is 1.81. The second kappa shape index (κ2) is 10.3. The lowest BCUT2D eigenvalue weighted by molar-refractivity contribution is 0.373. The smallest absolute Gasteiger partial charge is 0.250 e. The molecular weight excluding hydrogens is 370 g/mol. The number of aryl methyl sites for hydroxylation is 1. The van der Waals surface area contributed by atoms with Crippen LogP contribution < -0.4 is 15.8 Å². The van der Waals surface area contributed by atoms with E-state index in [2.05, 4.69) is 39.6 Å². The number of aromatic nitrogens is 1. The fourth-order valence-corrected chi connectivity index (χ4v) is 4.28. The molecule has 1 aliphatic rings. The monoisotopic (exact) mass is 401 g/mol. The Labute approximate surface area is 171 Å². The van der Waals surface area contributed by atoms with E-state index in [0.29, 0.717) is 0 Å². The maximum absolute atomic E-state index is 11.9. The van der Waals surface area contributed by atoms with E-state index < -0.39 is 0 Å². The van der Waals surface area contributed by atoms with Crippen molar-refractivity contribution in [1.29, 1.82) is 0 Å². The molecule has 0 unspecified atom stereocenters. The summed E-state index contributed by atoms with van der Waals surface area (Å²) in [5.74, 6) is 1.02. The van der Waals surface area contributed by atoms with Crippen molar-refractivity contribution in [3.63, 3.8) is 0 Å². The van der Waals surface area contributed by atoms with Crippen molar-refractivity contribution in [3.05, 3.63) is 51.8 Å². The number of rotatable bonds is 7. The summed E-state index contributed by atoms with van der Waals surface area (Å²) in [6, 6.07) is 9.74. The molecule has 1 aliphatic heterocycles. The van der Waals surface area contributed by atoms with E-state index in [9.17, 15) is 4.79 Å². The first kappa shape index (κ1) is 20.5. The van der Waals surface area contributed by atoms with E-state index in [4.69, 9.17) is 4.99 Å². The molecule has 1 saturated heterocycles. The fourth-order valence-electron chi connectivity index (χ4n) is 3.49. The van der Waals surface area contributed by atoms with Crippen molar-refractivity contribution in [3.8, 4) is 0 Å². The standard InChI is InChI=1S/C21H31N5OS/c1-3-22-21(25-15-13-24(14-16-25)20-10-7-17-28-20)23-11-4-5-12-26-18(2)8-6-9-19(26)27/h6-10,17H,3-5,11-16H2,1-2H3,(H,22,23). The Morgan fingerprint density at radius 1 is 1.14 bits per heavy atom. The summed E-state index contributed by atoms with van der Waals surface area (Å²) in [5, 5.41) is 6.93.